The van der Waals surface area contributed by atoms with E-state index < -0.39 is 20.9 Å². The van der Waals surface area contributed by atoms with Crippen molar-refractivity contribution in [2.24, 2.45) is 5.10 Å². The van der Waals surface area contributed by atoms with E-state index in [-0.39, 0.29) is 28.1 Å². The minimum absolute atomic E-state index is 0.0453. The lowest BCUT2D eigenvalue weighted by Crippen LogP contribution is -2.34. The van der Waals surface area contributed by atoms with E-state index in [0.29, 0.717) is 22.1 Å². The molecule has 0 N–H and O–H groups in total. The zero-order valence-electron chi connectivity index (χ0n) is 21.6. The van der Waals surface area contributed by atoms with E-state index in [1.165, 1.54) is 59.2 Å². The Morgan fingerprint density at radius 1 is 1.20 bits per heavy atom. The summed E-state index contributed by atoms with van der Waals surface area (Å²) in [4.78, 5) is 29.3. The second-order valence-electron chi connectivity index (χ2n) is 9.21. The Kier molecular flexibility index (Phi) is 8.05. The van der Waals surface area contributed by atoms with Crippen molar-refractivity contribution in [3.8, 4) is 0 Å². The lowest BCUT2D eigenvalue weighted by atomic mass is 10.2. The van der Waals surface area contributed by atoms with E-state index in [4.69, 9.17) is 4.74 Å². The van der Waals surface area contributed by atoms with E-state index in [1.807, 2.05) is 25.1 Å². The highest BCUT2D eigenvalue weighted by Crippen LogP contribution is 2.31. The number of sulfonamides is 1. The number of carbonyl (C=O) groups excluding carboxylic acids is 1. The Bertz CT molecular complexity index is 1690. The topological polar surface area (TPSA) is 135 Å². The van der Waals surface area contributed by atoms with E-state index in [1.54, 1.807) is 6.07 Å². The van der Waals surface area contributed by atoms with Gasteiger partial charge >= 0.3 is 5.00 Å². The number of carbonyl (C=O) groups is 1. The van der Waals surface area contributed by atoms with Gasteiger partial charge in [-0.05, 0) is 67.8 Å². The fourth-order valence-electron chi connectivity index (χ4n) is 4.17. The number of thiophene rings is 1. The summed E-state index contributed by atoms with van der Waals surface area (Å²) in [5, 5.41) is 16.8. The predicted octanol–water partition coefficient (Wildman–Crippen LogP) is 5.05. The minimum atomic E-state index is -3.78. The molecule has 2 aromatic heterocycles. The molecule has 1 aliphatic rings. The molecule has 2 aromatic carbocycles. The van der Waals surface area contributed by atoms with Crippen LogP contribution < -0.4 is 5.01 Å². The van der Waals surface area contributed by atoms with Gasteiger partial charge in [0.05, 0.1) is 37.2 Å². The second-order valence-corrected chi connectivity index (χ2v) is 13.4. The van der Waals surface area contributed by atoms with E-state index >= 15 is 0 Å². The lowest BCUT2D eigenvalue weighted by molar-refractivity contribution is -0.380. The number of hydrogen-bond acceptors (Lipinski definition) is 10. The van der Waals surface area contributed by atoms with Gasteiger partial charge in [0.2, 0.25) is 15.2 Å². The number of thiazole rings is 1. The number of amides is 1. The molecule has 3 heterocycles. The van der Waals surface area contributed by atoms with Crippen LogP contribution in [0.25, 0.3) is 10.2 Å². The zero-order chi connectivity index (χ0) is 28.4. The first kappa shape index (κ1) is 28.0. The number of nitrogens with zero attached hydrogens (tertiary/aromatic N) is 5. The van der Waals surface area contributed by atoms with Gasteiger partial charge in [-0.1, -0.05) is 28.7 Å². The van der Waals surface area contributed by atoms with Gasteiger partial charge in [-0.15, -0.1) is 0 Å². The molecule has 4 aromatic rings. The monoisotopic (exact) mass is 599 g/mol. The molecule has 0 radical (unpaired) electrons. The first-order valence-corrected chi connectivity index (χ1v) is 15.4. The van der Waals surface area contributed by atoms with Gasteiger partial charge in [-0.3, -0.25) is 14.9 Å². The fourth-order valence-corrected chi connectivity index (χ4v) is 7.08. The molecule has 208 valence electrons. The molecule has 0 spiro atoms. The molecule has 0 bridgehead atoms. The maximum atomic E-state index is 13.6. The third kappa shape index (κ3) is 5.95. The van der Waals surface area contributed by atoms with Crippen molar-refractivity contribution in [1.82, 2.24) is 9.29 Å². The third-order valence-electron chi connectivity index (χ3n) is 6.29. The van der Waals surface area contributed by atoms with Gasteiger partial charge in [-0.2, -0.15) is 14.4 Å². The number of aryl methyl sites for hydroxylation is 1. The Morgan fingerprint density at radius 2 is 1.98 bits per heavy atom. The van der Waals surface area contributed by atoms with Gasteiger partial charge in [0.15, 0.2) is 0 Å². The summed E-state index contributed by atoms with van der Waals surface area (Å²) in [5.41, 5.74) is 1.93. The molecule has 1 saturated heterocycles. The summed E-state index contributed by atoms with van der Waals surface area (Å²) in [7, 11) is -2.27. The summed E-state index contributed by atoms with van der Waals surface area (Å²) in [6.45, 7) is 2.84. The molecule has 0 aliphatic carbocycles. The number of aromatic nitrogens is 1. The molecular formula is C26H25N5O6S3. The van der Waals surface area contributed by atoms with E-state index in [2.05, 4.69) is 10.1 Å². The molecule has 5 rings (SSSR count). The lowest BCUT2D eigenvalue weighted by Gasteiger charge is -2.20. The van der Waals surface area contributed by atoms with Crippen molar-refractivity contribution >= 4 is 65.2 Å². The van der Waals surface area contributed by atoms with Crippen LogP contribution in [0.1, 0.15) is 33.6 Å². The predicted molar refractivity (Wildman–Crippen MR) is 155 cm³/mol. The van der Waals surface area contributed by atoms with Crippen LogP contribution in [0.3, 0.4) is 0 Å². The number of nitro groups is 1. The number of anilines is 1. The van der Waals surface area contributed by atoms with Crippen molar-refractivity contribution in [3.63, 3.8) is 0 Å². The Hall–Kier alpha value is -3.56. The van der Waals surface area contributed by atoms with Gasteiger partial charge in [0.25, 0.3) is 5.91 Å². The van der Waals surface area contributed by atoms with Crippen LogP contribution in [-0.2, 0) is 14.8 Å². The van der Waals surface area contributed by atoms with Crippen molar-refractivity contribution in [3.05, 3.63) is 80.7 Å². The summed E-state index contributed by atoms with van der Waals surface area (Å²) in [5.74, 6) is -0.533. The van der Waals surface area contributed by atoms with Gasteiger partial charge in [-0.25, -0.2) is 13.4 Å². The van der Waals surface area contributed by atoms with Crippen molar-refractivity contribution in [2.75, 3.05) is 25.2 Å². The summed E-state index contributed by atoms with van der Waals surface area (Å²) >= 11 is 2.20. The molecule has 1 fully saturated rings. The molecule has 1 atom stereocenters. The Labute approximate surface area is 238 Å². The molecular weight excluding hydrogens is 575 g/mol. The van der Waals surface area contributed by atoms with Crippen molar-refractivity contribution in [2.45, 2.75) is 30.8 Å². The Balaban J connectivity index is 1.43. The number of rotatable bonds is 9. The number of likely N-dealkylation sites (N-methyl/N-ethyl adjacent to an activating group) is 1. The summed E-state index contributed by atoms with van der Waals surface area (Å²) in [6, 6.07) is 14.3. The van der Waals surface area contributed by atoms with E-state index in [0.717, 1.165) is 39.5 Å². The van der Waals surface area contributed by atoms with Crippen LogP contribution >= 0.6 is 22.7 Å². The molecule has 0 saturated carbocycles. The van der Waals surface area contributed by atoms with Crippen molar-refractivity contribution in [1.29, 1.82) is 0 Å². The second kappa shape index (κ2) is 11.5. The highest BCUT2D eigenvalue weighted by atomic mass is 32.2. The van der Waals surface area contributed by atoms with Crippen LogP contribution in [0.15, 0.2) is 64.6 Å². The minimum Gasteiger partial charge on any atom is -0.377 e. The average Bonchev–Trinajstić information content (AvgIpc) is 3.70. The SMILES string of the molecule is Cc1ccc2nc(N(/N=C/c3ccc([N+](=O)[O-])s3)C(=O)c3ccc(S(=O)(=O)N(C)CC4CCCO4)cc3)sc2c1. The first-order chi connectivity index (χ1) is 19.1. The zero-order valence-corrected chi connectivity index (χ0v) is 24.0. The highest BCUT2D eigenvalue weighted by molar-refractivity contribution is 7.89. The largest absolute Gasteiger partial charge is 0.377 e. The molecule has 11 nitrogen and oxygen atoms in total. The molecule has 1 unspecified atom stereocenters. The number of hydrazone groups is 1. The molecule has 1 amide bonds. The quantitative estimate of drug-likeness (QED) is 0.149. The van der Waals surface area contributed by atoms with Crippen molar-refractivity contribution < 1.29 is 22.9 Å². The van der Waals surface area contributed by atoms with Crippen LogP contribution in [0.2, 0.25) is 0 Å². The maximum absolute atomic E-state index is 13.6. The van der Waals surface area contributed by atoms with Crippen LogP contribution in [0.4, 0.5) is 10.1 Å². The molecule has 40 heavy (non-hydrogen) atoms. The van der Waals surface area contributed by atoms with E-state index in [9.17, 15) is 23.3 Å². The van der Waals surface area contributed by atoms with Gasteiger partial charge in [0, 0.05) is 31.8 Å². The maximum Gasteiger partial charge on any atom is 0.324 e. The molecule has 14 heteroatoms. The van der Waals surface area contributed by atoms with Gasteiger partial charge < -0.3 is 4.74 Å². The normalized spacial score (nSPS) is 15.8. The first-order valence-electron chi connectivity index (χ1n) is 12.3. The summed E-state index contributed by atoms with van der Waals surface area (Å²) < 4.78 is 33.9. The van der Waals surface area contributed by atoms with Crippen LogP contribution in [0, 0.1) is 17.0 Å². The average molecular weight is 600 g/mol. The van der Waals surface area contributed by atoms with Crippen LogP contribution in [0.5, 0.6) is 0 Å². The van der Waals surface area contributed by atoms with Gasteiger partial charge in [0.1, 0.15) is 0 Å². The number of fused-ring (bicyclic) bond motifs is 1. The highest BCUT2D eigenvalue weighted by Gasteiger charge is 2.27. The fraction of sp³-hybridized carbons (Fsp3) is 0.269. The summed E-state index contributed by atoms with van der Waals surface area (Å²) in [6.07, 6.45) is 2.96. The van der Waals surface area contributed by atoms with Crippen LogP contribution in [-0.4, -0.2) is 61.1 Å². The standard InChI is InChI=1S/C26H25N5O6S3/c1-17-5-11-22-23(14-17)39-26(28-22)30(27-15-20-8-12-24(38-20)31(33)34)25(32)18-6-9-21(10-7-18)40(35,36)29(2)16-19-4-3-13-37-19/h5-12,14-15,19H,3-4,13,16H2,1-2H3/b27-15+. The molecule has 1 aliphatic heterocycles. The number of hydrogen-bond donors (Lipinski definition) is 0. The smallest absolute Gasteiger partial charge is 0.324 e. The number of benzene rings is 2. The number of ether oxygens (including phenoxy) is 1. The third-order valence-corrected chi connectivity index (χ3v) is 10.1. The Morgan fingerprint density at radius 3 is 2.65 bits per heavy atom.